The number of ether oxygens (including phenoxy) is 1. The minimum absolute atomic E-state index is 0.207. The van der Waals surface area contributed by atoms with Crippen LogP contribution >= 0.6 is 11.8 Å². The van der Waals surface area contributed by atoms with Crippen LogP contribution in [0.4, 0.5) is 10.1 Å². The van der Waals surface area contributed by atoms with Crippen LogP contribution in [-0.2, 0) is 9.53 Å². The fourth-order valence-electron chi connectivity index (χ4n) is 2.68. The van der Waals surface area contributed by atoms with Crippen LogP contribution in [-0.4, -0.2) is 12.6 Å². The van der Waals surface area contributed by atoms with Gasteiger partial charge in [0.15, 0.2) is 0 Å². The third-order valence-corrected chi connectivity index (χ3v) is 5.10. The lowest BCUT2D eigenvalue weighted by Gasteiger charge is -2.16. The van der Waals surface area contributed by atoms with E-state index >= 15 is 0 Å². The van der Waals surface area contributed by atoms with E-state index in [9.17, 15) is 9.18 Å². The number of hydrogen-bond donors (Lipinski definition) is 1. The molecule has 2 heterocycles. The third kappa shape index (κ3) is 2.18. The van der Waals surface area contributed by atoms with Gasteiger partial charge in [0.05, 0.1) is 22.2 Å². The lowest BCUT2D eigenvalue weighted by molar-refractivity contribution is -0.136. The molecule has 0 bridgehead atoms. The summed E-state index contributed by atoms with van der Waals surface area (Å²) < 4.78 is 18.4. The highest BCUT2D eigenvalue weighted by atomic mass is 32.2. The average molecular weight is 313 g/mol. The van der Waals surface area contributed by atoms with Gasteiger partial charge in [0.2, 0.25) is 0 Å². The molecule has 22 heavy (non-hydrogen) atoms. The Balaban J connectivity index is 1.85. The second-order valence-electron chi connectivity index (χ2n) is 5.14. The van der Waals surface area contributed by atoms with Crippen molar-refractivity contribution in [3.05, 3.63) is 71.2 Å². The molecule has 0 saturated carbocycles. The number of benzene rings is 2. The fraction of sp³-hybridized carbons (Fsp3) is 0.118. The number of cyclic esters (lactones) is 1. The van der Waals surface area contributed by atoms with Gasteiger partial charge in [-0.15, -0.1) is 11.8 Å². The summed E-state index contributed by atoms with van der Waals surface area (Å²) >= 11 is 1.57. The van der Waals surface area contributed by atoms with Crippen LogP contribution in [0.1, 0.15) is 10.8 Å². The molecule has 2 aromatic rings. The summed E-state index contributed by atoms with van der Waals surface area (Å²) in [6.07, 6.45) is 0. The Labute approximate surface area is 131 Å². The maximum Gasteiger partial charge on any atom is 0.337 e. The molecule has 3 nitrogen and oxygen atoms in total. The topological polar surface area (TPSA) is 38.3 Å². The molecule has 0 radical (unpaired) electrons. The number of fused-ring (bicyclic) bond motifs is 1. The van der Waals surface area contributed by atoms with E-state index in [1.165, 1.54) is 12.1 Å². The molecule has 1 N–H and O–H groups in total. The molecule has 4 rings (SSSR count). The summed E-state index contributed by atoms with van der Waals surface area (Å²) in [5, 5.41) is 3.10. The molecule has 0 aliphatic carbocycles. The van der Waals surface area contributed by atoms with Gasteiger partial charge in [0, 0.05) is 4.90 Å². The first-order chi connectivity index (χ1) is 10.7. The maximum absolute atomic E-state index is 13.2. The highest BCUT2D eigenvalue weighted by Gasteiger charge is 2.36. The first-order valence-corrected chi connectivity index (χ1v) is 7.79. The zero-order valence-corrected chi connectivity index (χ0v) is 12.3. The Morgan fingerprint density at radius 3 is 2.73 bits per heavy atom. The zero-order chi connectivity index (χ0) is 15.1. The molecule has 0 aromatic heterocycles. The van der Waals surface area contributed by atoms with Crippen molar-refractivity contribution in [2.24, 2.45) is 0 Å². The lowest BCUT2D eigenvalue weighted by atomic mass is 10.0. The van der Waals surface area contributed by atoms with E-state index in [4.69, 9.17) is 4.74 Å². The Kier molecular flexibility index (Phi) is 3.15. The molecular weight excluding hydrogens is 301 g/mol. The van der Waals surface area contributed by atoms with Crippen molar-refractivity contribution in [1.29, 1.82) is 0 Å². The SMILES string of the molecule is O=C1OCC2=C1[C@@H](c1ccc(F)cc1)Sc1ccccc1N2. The van der Waals surface area contributed by atoms with Crippen LogP contribution < -0.4 is 5.32 Å². The molecule has 2 aliphatic heterocycles. The van der Waals surface area contributed by atoms with Crippen molar-refractivity contribution in [2.75, 3.05) is 11.9 Å². The molecule has 2 aromatic carbocycles. The number of thioether (sulfide) groups is 1. The van der Waals surface area contributed by atoms with Crippen LogP contribution in [0, 0.1) is 5.82 Å². The standard InChI is InChI=1S/C17H12FNO2S/c18-11-7-5-10(6-8-11)16-15-13(9-21-17(15)20)19-12-3-1-2-4-14(12)22-16/h1-8,16,19H,9H2/t16-/m1/s1. The maximum atomic E-state index is 13.2. The third-order valence-electron chi connectivity index (χ3n) is 3.75. The molecule has 0 amide bonds. The van der Waals surface area contributed by atoms with E-state index < -0.39 is 0 Å². The van der Waals surface area contributed by atoms with E-state index in [1.54, 1.807) is 23.9 Å². The zero-order valence-electron chi connectivity index (χ0n) is 11.5. The quantitative estimate of drug-likeness (QED) is 0.811. The monoisotopic (exact) mass is 313 g/mol. The summed E-state index contributed by atoms with van der Waals surface area (Å²) in [6, 6.07) is 14.2. The van der Waals surface area contributed by atoms with Crippen molar-refractivity contribution in [1.82, 2.24) is 0 Å². The second-order valence-corrected chi connectivity index (χ2v) is 6.29. The summed E-state index contributed by atoms with van der Waals surface area (Å²) in [4.78, 5) is 13.2. The van der Waals surface area contributed by atoms with Gasteiger partial charge < -0.3 is 10.1 Å². The van der Waals surface area contributed by atoms with Crippen molar-refractivity contribution in [3.8, 4) is 0 Å². The van der Waals surface area contributed by atoms with E-state index in [0.717, 1.165) is 21.8 Å². The van der Waals surface area contributed by atoms with Crippen LogP contribution in [0.2, 0.25) is 0 Å². The number of halogens is 1. The molecule has 1 atom stereocenters. The van der Waals surface area contributed by atoms with Gasteiger partial charge in [-0.05, 0) is 29.8 Å². The van der Waals surface area contributed by atoms with Gasteiger partial charge in [-0.25, -0.2) is 9.18 Å². The van der Waals surface area contributed by atoms with Crippen molar-refractivity contribution in [2.45, 2.75) is 10.1 Å². The summed E-state index contributed by atoms with van der Waals surface area (Å²) in [5.74, 6) is -0.596. The summed E-state index contributed by atoms with van der Waals surface area (Å²) in [7, 11) is 0. The number of rotatable bonds is 1. The average Bonchev–Trinajstić information content (AvgIpc) is 2.79. The van der Waals surface area contributed by atoms with Crippen LogP contribution in [0.15, 0.2) is 64.7 Å². The molecule has 0 saturated heterocycles. The van der Waals surface area contributed by atoms with Crippen molar-refractivity contribution in [3.63, 3.8) is 0 Å². The van der Waals surface area contributed by atoms with Gasteiger partial charge in [-0.2, -0.15) is 0 Å². The Hall–Kier alpha value is -2.27. The van der Waals surface area contributed by atoms with Gasteiger partial charge in [0.25, 0.3) is 0 Å². The van der Waals surface area contributed by atoms with Gasteiger partial charge in [-0.1, -0.05) is 24.3 Å². The number of nitrogens with one attached hydrogen (secondary N) is 1. The largest absolute Gasteiger partial charge is 0.456 e. The van der Waals surface area contributed by atoms with Crippen LogP contribution in [0.25, 0.3) is 0 Å². The molecular formula is C17H12FNO2S. The smallest absolute Gasteiger partial charge is 0.337 e. The van der Waals surface area contributed by atoms with E-state index in [0.29, 0.717) is 5.57 Å². The number of anilines is 1. The van der Waals surface area contributed by atoms with Gasteiger partial charge in [0.1, 0.15) is 12.4 Å². The Morgan fingerprint density at radius 1 is 1.14 bits per heavy atom. The molecule has 5 heteroatoms. The minimum Gasteiger partial charge on any atom is -0.456 e. The Bertz CT molecular complexity index is 786. The minimum atomic E-state index is -0.308. The number of esters is 1. The van der Waals surface area contributed by atoms with Crippen LogP contribution in [0.5, 0.6) is 0 Å². The molecule has 0 unspecified atom stereocenters. The summed E-state index contributed by atoms with van der Waals surface area (Å²) in [6.45, 7) is 0.251. The number of carbonyl (C=O) groups is 1. The van der Waals surface area contributed by atoms with E-state index in [1.807, 2.05) is 24.3 Å². The number of carbonyl (C=O) groups excluding carboxylic acids is 1. The normalized spacial score (nSPS) is 19.9. The number of hydrogen-bond acceptors (Lipinski definition) is 4. The first-order valence-electron chi connectivity index (χ1n) is 6.91. The first kappa shape index (κ1) is 13.4. The van der Waals surface area contributed by atoms with Crippen molar-refractivity contribution >= 4 is 23.4 Å². The highest BCUT2D eigenvalue weighted by molar-refractivity contribution is 8.00. The van der Waals surface area contributed by atoms with Crippen molar-refractivity contribution < 1.29 is 13.9 Å². The van der Waals surface area contributed by atoms with Crippen LogP contribution in [0.3, 0.4) is 0 Å². The molecule has 0 spiro atoms. The predicted molar refractivity (Wildman–Crippen MR) is 83.0 cm³/mol. The molecule has 0 fully saturated rings. The highest BCUT2D eigenvalue weighted by Crippen LogP contribution is 2.48. The lowest BCUT2D eigenvalue weighted by Crippen LogP contribution is -2.08. The number of para-hydroxylation sites is 1. The van der Waals surface area contributed by atoms with Gasteiger partial charge in [-0.3, -0.25) is 0 Å². The van der Waals surface area contributed by atoms with E-state index in [-0.39, 0.29) is 23.6 Å². The molecule has 2 aliphatic rings. The summed E-state index contributed by atoms with van der Waals surface area (Å²) in [5.41, 5.74) is 3.25. The Morgan fingerprint density at radius 2 is 1.91 bits per heavy atom. The van der Waals surface area contributed by atoms with E-state index in [2.05, 4.69) is 5.32 Å². The fourth-order valence-corrected chi connectivity index (χ4v) is 3.99. The van der Waals surface area contributed by atoms with Gasteiger partial charge >= 0.3 is 5.97 Å². The predicted octanol–water partition coefficient (Wildman–Crippen LogP) is 3.90. The molecule has 110 valence electrons. The second kappa shape index (κ2) is 5.18.